The van der Waals surface area contributed by atoms with E-state index in [1.54, 1.807) is 24.3 Å². The highest BCUT2D eigenvalue weighted by Crippen LogP contribution is 2.40. The van der Waals surface area contributed by atoms with Crippen LogP contribution >= 0.6 is 0 Å². The zero-order chi connectivity index (χ0) is 28.8. The number of ketones is 1. The van der Waals surface area contributed by atoms with Gasteiger partial charge in [-0.25, -0.2) is 0 Å². The average Bonchev–Trinajstić information content (AvgIpc) is 3.22. The van der Waals surface area contributed by atoms with E-state index in [0.29, 0.717) is 30.0 Å². The number of Topliss-reactive ketones (excluding diaryl/α,β-unsaturated/α-hetero) is 1. The first-order valence-electron chi connectivity index (χ1n) is 13.3. The van der Waals surface area contributed by atoms with Gasteiger partial charge in [-0.3, -0.25) is 19.7 Å². The molecule has 3 aromatic carbocycles. The van der Waals surface area contributed by atoms with E-state index in [1.165, 1.54) is 23.1 Å². The fraction of sp³-hybridized carbons (Fsp3) is 0.290. The molecule has 40 heavy (non-hydrogen) atoms. The van der Waals surface area contributed by atoms with E-state index in [2.05, 4.69) is 4.90 Å². The van der Waals surface area contributed by atoms with Crippen molar-refractivity contribution in [3.63, 3.8) is 0 Å². The lowest BCUT2D eigenvalue weighted by molar-refractivity contribution is -0.384. The van der Waals surface area contributed by atoms with Crippen LogP contribution in [0.2, 0.25) is 0 Å². The quantitative estimate of drug-likeness (QED) is 0.116. The van der Waals surface area contributed by atoms with E-state index in [1.807, 2.05) is 51.1 Å². The molecule has 0 aromatic heterocycles. The molecule has 1 amide bonds. The number of nitrogens with zero attached hydrogens (tertiary/aromatic N) is 3. The fourth-order valence-corrected chi connectivity index (χ4v) is 4.90. The van der Waals surface area contributed by atoms with E-state index >= 15 is 0 Å². The first kappa shape index (κ1) is 28.5. The molecule has 1 N–H and O–H groups in total. The second-order valence-corrected chi connectivity index (χ2v) is 9.63. The number of non-ortho nitro benzene ring substituents is 1. The number of hydrogen-bond acceptors (Lipinski definition) is 7. The van der Waals surface area contributed by atoms with Gasteiger partial charge in [-0.2, -0.15) is 0 Å². The van der Waals surface area contributed by atoms with Crippen LogP contribution in [-0.4, -0.2) is 57.7 Å². The van der Waals surface area contributed by atoms with Gasteiger partial charge in [0.2, 0.25) is 0 Å². The largest absolute Gasteiger partial charge is 0.507 e. The Bertz CT molecular complexity index is 1430. The maximum atomic E-state index is 13.3. The molecule has 0 spiro atoms. The predicted octanol–water partition coefficient (Wildman–Crippen LogP) is 5.25. The molecule has 1 heterocycles. The fourth-order valence-electron chi connectivity index (χ4n) is 4.90. The SMILES string of the molecule is CCN(CC)CCN1C(=O)C(=O)C(=C(O)c2ccc(OCc3ccccc3)c(C)c2)[C@H]1c1cccc([N+](=O)[O-])c1. The molecule has 1 atom stereocenters. The van der Waals surface area contributed by atoms with E-state index in [4.69, 9.17) is 4.74 Å². The molecule has 9 nitrogen and oxygen atoms in total. The molecule has 1 aliphatic rings. The number of ether oxygens (including phenoxy) is 1. The molecule has 1 fully saturated rings. The van der Waals surface area contributed by atoms with Gasteiger partial charge in [0, 0.05) is 30.8 Å². The molecule has 0 radical (unpaired) electrons. The van der Waals surface area contributed by atoms with Gasteiger partial charge in [0.15, 0.2) is 0 Å². The Morgan fingerprint density at radius 1 is 1.02 bits per heavy atom. The Balaban J connectivity index is 1.72. The summed E-state index contributed by atoms with van der Waals surface area (Å²) >= 11 is 0. The van der Waals surface area contributed by atoms with Crippen molar-refractivity contribution < 1.29 is 24.4 Å². The summed E-state index contributed by atoms with van der Waals surface area (Å²) in [5, 5.41) is 22.9. The van der Waals surface area contributed by atoms with Crippen LogP contribution < -0.4 is 4.74 Å². The highest BCUT2D eigenvalue weighted by molar-refractivity contribution is 6.46. The highest BCUT2D eigenvalue weighted by atomic mass is 16.6. The summed E-state index contributed by atoms with van der Waals surface area (Å²) in [7, 11) is 0. The van der Waals surface area contributed by atoms with Crippen LogP contribution in [0.1, 0.15) is 42.1 Å². The van der Waals surface area contributed by atoms with E-state index in [9.17, 15) is 24.8 Å². The summed E-state index contributed by atoms with van der Waals surface area (Å²) in [4.78, 5) is 41.1. The third-order valence-electron chi connectivity index (χ3n) is 7.17. The maximum absolute atomic E-state index is 13.3. The van der Waals surface area contributed by atoms with Crippen molar-refractivity contribution in [1.82, 2.24) is 9.80 Å². The standard InChI is InChI=1S/C31H33N3O6/c1-4-32(5-2)16-17-33-28(23-12-9-13-25(19-23)34(38)39)27(30(36)31(33)37)29(35)24-14-15-26(21(3)18-24)40-20-22-10-7-6-8-11-22/h6-15,18-19,28,35H,4-5,16-17,20H2,1-3H3/t28-/m1/s1. The van der Waals surface area contributed by atoms with E-state index in [0.717, 1.165) is 24.2 Å². The minimum atomic E-state index is -0.968. The molecule has 208 valence electrons. The van der Waals surface area contributed by atoms with Gasteiger partial charge in [0.05, 0.1) is 16.5 Å². The Kier molecular flexibility index (Phi) is 8.96. The van der Waals surface area contributed by atoms with Gasteiger partial charge in [-0.15, -0.1) is 0 Å². The first-order valence-corrected chi connectivity index (χ1v) is 13.3. The van der Waals surface area contributed by atoms with Gasteiger partial charge in [-0.05, 0) is 54.9 Å². The predicted molar refractivity (Wildman–Crippen MR) is 152 cm³/mol. The molecule has 0 bridgehead atoms. The van der Waals surface area contributed by atoms with Crippen LogP contribution in [0.25, 0.3) is 5.76 Å². The van der Waals surface area contributed by atoms with Crippen molar-refractivity contribution in [1.29, 1.82) is 0 Å². The van der Waals surface area contributed by atoms with Crippen LogP contribution in [0.15, 0.2) is 78.4 Å². The summed E-state index contributed by atoms with van der Waals surface area (Å²) in [6.45, 7) is 8.48. The Morgan fingerprint density at radius 2 is 1.75 bits per heavy atom. The highest BCUT2D eigenvalue weighted by Gasteiger charge is 2.46. The molecule has 0 unspecified atom stereocenters. The van der Waals surface area contributed by atoms with Crippen molar-refractivity contribution in [3.05, 3.63) is 111 Å². The van der Waals surface area contributed by atoms with Gasteiger partial charge in [0.1, 0.15) is 18.1 Å². The maximum Gasteiger partial charge on any atom is 0.295 e. The topological polar surface area (TPSA) is 113 Å². The lowest BCUT2D eigenvalue weighted by Crippen LogP contribution is -2.38. The number of amides is 1. The Hall–Kier alpha value is -4.50. The van der Waals surface area contributed by atoms with Crippen molar-refractivity contribution >= 4 is 23.1 Å². The van der Waals surface area contributed by atoms with Crippen LogP contribution in [0.4, 0.5) is 5.69 Å². The molecular formula is C31H33N3O6. The molecule has 1 aliphatic heterocycles. The van der Waals surface area contributed by atoms with Gasteiger partial charge >= 0.3 is 0 Å². The number of likely N-dealkylation sites (N-methyl/N-ethyl adjacent to an activating group) is 1. The zero-order valence-corrected chi connectivity index (χ0v) is 22.9. The minimum Gasteiger partial charge on any atom is -0.507 e. The number of hydrogen-bond donors (Lipinski definition) is 1. The summed E-state index contributed by atoms with van der Waals surface area (Å²) < 4.78 is 5.94. The molecule has 1 saturated heterocycles. The molecule has 0 saturated carbocycles. The van der Waals surface area contributed by atoms with Gasteiger partial charge in [0.25, 0.3) is 17.4 Å². The average molecular weight is 544 g/mol. The normalized spacial score (nSPS) is 16.5. The summed E-state index contributed by atoms with van der Waals surface area (Å²) in [5.41, 5.74) is 2.22. The van der Waals surface area contributed by atoms with E-state index < -0.39 is 22.7 Å². The van der Waals surface area contributed by atoms with Crippen LogP contribution in [-0.2, 0) is 16.2 Å². The summed E-state index contributed by atoms with van der Waals surface area (Å²) in [5.74, 6) is -1.28. The van der Waals surface area contributed by atoms with E-state index in [-0.39, 0.29) is 23.6 Å². The molecule has 0 aliphatic carbocycles. The lowest BCUT2D eigenvalue weighted by atomic mass is 9.94. The Morgan fingerprint density at radius 3 is 2.40 bits per heavy atom. The molecule has 3 aromatic rings. The third kappa shape index (κ3) is 6.05. The van der Waals surface area contributed by atoms with Crippen molar-refractivity contribution in [3.8, 4) is 5.75 Å². The number of benzene rings is 3. The second kappa shape index (κ2) is 12.6. The number of aliphatic hydroxyl groups excluding tert-OH is 1. The number of likely N-dealkylation sites (tertiary alicyclic amines) is 1. The zero-order valence-electron chi connectivity index (χ0n) is 22.9. The second-order valence-electron chi connectivity index (χ2n) is 9.63. The Labute approximate surface area is 233 Å². The minimum absolute atomic E-state index is 0.0950. The first-order chi connectivity index (χ1) is 19.2. The van der Waals surface area contributed by atoms with Crippen LogP contribution in [0, 0.1) is 17.0 Å². The van der Waals surface area contributed by atoms with Crippen LogP contribution in [0.3, 0.4) is 0 Å². The number of nitro groups is 1. The monoisotopic (exact) mass is 543 g/mol. The number of aliphatic hydroxyl groups is 1. The summed E-state index contributed by atoms with van der Waals surface area (Å²) in [6.07, 6.45) is 0. The third-order valence-corrected chi connectivity index (χ3v) is 7.17. The van der Waals surface area contributed by atoms with Crippen molar-refractivity contribution in [2.45, 2.75) is 33.4 Å². The molecular weight excluding hydrogens is 510 g/mol. The van der Waals surface area contributed by atoms with Crippen molar-refractivity contribution in [2.75, 3.05) is 26.2 Å². The molecule has 4 rings (SSSR count). The number of carbonyl (C=O) groups is 2. The van der Waals surface area contributed by atoms with Gasteiger partial charge in [-0.1, -0.05) is 56.3 Å². The summed E-state index contributed by atoms with van der Waals surface area (Å²) in [6, 6.07) is 19.6. The van der Waals surface area contributed by atoms with Crippen molar-refractivity contribution in [2.24, 2.45) is 0 Å². The molecule has 9 heteroatoms. The number of nitro benzene ring substituents is 1. The number of aryl methyl sites for hydroxylation is 1. The van der Waals surface area contributed by atoms with Crippen LogP contribution in [0.5, 0.6) is 5.75 Å². The smallest absolute Gasteiger partial charge is 0.295 e. The van der Waals surface area contributed by atoms with Gasteiger partial charge < -0.3 is 19.6 Å². The lowest BCUT2D eigenvalue weighted by Gasteiger charge is -2.28. The number of rotatable bonds is 11. The number of carbonyl (C=O) groups excluding carboxylic acids is 2.